The lowest BCUT2D eigenvalue weighted by Gasteiger charge is -2.07. The molecule has 126 valence electrons. The summed E-state index contributed by atoms with van der Waals surface area (Å²) >= 11 is 5.02. The highest BCUT2D eigenvalue weighted by Crippen LogP contribution is 2.17. The Labute approximate surface area is 156 Å². The molecule has 2 rings (SSSR count). The molecule has 0 bridgehead atoms. The molecule has 2 aromatic rings. The van der Waals surface area contributed by atoms with Gasteiger partial charge >= 0.3 is 0 Å². The van der Waals surface area contributed by atoms with E-state index in [4.69, 9.17) is 0 Å². The zero-order chi connectivity index (χ0) is 17.5. The van der Waals surface area contributed by atoms with Crippen LogP contribution in [0.3, 0.4) is 0 Å². The van der Waals surface area contributed by atoms with Crippen LogP contribution in [0.5, 0.6) is 0 Å². The van der Waals surface area contributed by atoms with Crippen LogP contribution in [0, 0.1) is 20.8 Å². The molecule has 5 heteroatoms. The summed E-state index contributed by atoms with van der Waals surface area (Å²) in [5, 5.41) is 4.07. The summed E-state index contributed by atoms with van der Waals surface area (Å²) in [7, 11) is 0. The van der Waals surface area contributed by atoms with Crippen molar-refractivity contribution in [1.82, 2.24) is 5.43 Å². The lowest BCUT2D eigenvalue weighted by atomic mass is 10.00. The molecule has 0 fully saturated rings. The molecule has 1 amide bonds. The molecule has 0 saturated heterocycles. The largest absolute Gasteiger partial charge is 0.272 e. The number of aryl methyl sites for hydroxylation is 1. The second-order valence-electron chi connectivity index (χ2n) is 5.64. The number of hydrogen-bond donors (Lipinski definition) is 1. The smallest absolute Gasteiger partial charge is 0.250 e. The Kier molecular flexibility index (Phi) is 7.06. The van der Waals surface area contributed by atoms with Gasteiger partial charge in [-0.05, 0) is 60.7 Å². The third-order valence-corrected chi connectivity index (χ3v) is 5.38. The summed E-state index contributed by atoms with van der Waals surface area (Å²) in [6.45, 7) is 6.26. The molecule has 0 aliphatic carbocycles. The van der Waals surface area contributed by atoms with Crippen molar-refractivity contribution < 1.29 is 4.79 Å². The number of benzene rings is 2. The standard InChI is InChI=1S/C19H21BrN2OS/c1-13-7-8-17(15(3)14(13)2)10-21-22-19(23)12-24-11-16-5-4-6-18(20)9-16/h4-10H,11-12H2,1-3H3,(H,22,23)/b21-10+. The summed E-state index contributed by atoms with van der Waals surface area (Å²) in [6, 6.07) is 12.2. The van der Waals surface area contributed by atoms with E-state index in [-0.39, 0.29) is 5.91 Å². The summed E-state index contributed by atoms with van der Waals surface area (Å²) in [5.74, 6) is 1.09. The molecule has 0 spiro atoms. The normalized spacial score (nSPS) is 11.0. The molecule has 0 aromatic heterocycles. The maximum absolute atomic E-state index is 11.8. The molecular weight excluding hydrogens is 384 g/mol. The molecule has 2 aromatic carbocycles. The number of nitrogens with one attached hydrogen (secondary N) is 1. The highest BCUT2D eigenvalue weighted by atomic mass is 79.9. The molecule has 0 radical (unpaired) electrons. The number of halogens is 1. The molecule has 0 heterocycles. The van der Waals surface area contributed by atoms with E-state index in [9.17, 15) is 4.79 Å². The number of thioether (sulfide) groups is 1. The fourth-order valence-electron chi connectivity index (χ4n) is 2.21. The number of amides is 1. The quantitative estimate of drug-likeness (QED) is 0.556. The van der Waals surface area contributed by atoms with Crippen molar-refractivity contribution in [1.29, 1.82) is 0 Å². The number of carbonyl (C=O) groups is 1. The molecule has 0 saturated carbocycles. The van der Waals surface area contributed by atoms with Gasteiger partial charge < -0.3 is 0 Å². The zero-order valence-corrected chi connectivity index (χ0v) is 16.5. The Bertz CT molecular complexity index is 759. The SMILES string of the molecule is Cc1ccc(/C=N/NC(=O)CSCc2cccc(Br)c2)c(C)c1C. The van der Waals surface area contributed by atoms with Crippen LogP contribution >= 0.6 is 27.7 Å². The number of hydrazone groups is 1. The van der Waals surface area contributed by atoms with Gasteiger partial charge in [-0.2, -0.15) is 5.10 Å². The minimum absolute atomic E-state index is 0.0901. The summed E-state index contributed by atoms with van der Waals surface area (Å²) in [5.41, 5.74) is 8.52. The van der Waals surface area contributed by atoms with Gasteiger partial charge in [0.2, 0.25) is 5.91 Å². The van der Waals surface area contributed by atoms with Crippen LogP contribution in [0.15, 0.2) is 46.0 Å². The Balaban J connectivity index is 1.80. The third kappa shape index (κ3) is 5.49. The number of hydrogen-bond acceptors (Lipinski definition) is 3. The van der Waals surface area contributed by atoms with E-state index in [1.165, 1.54) is 22.3 Å². The first-order valence-electron chi connectivity index (χ1n) is 7.68. The van der Waals surface area contributed by atoms with E-state index in [1.54, 1.807) is 18.0 Å². The van der Waals surface area contributed by atoms with Crippen LogP contribution < -0.4 is 5.43 Å². The summed E-state index contributed by atoms with van der Waals surface area (Å²) < 4.78 is 1.05. The third-order valence-electron chi connectivity index (χ3n) is 3.88. The van der Waals surface area contributed by atoms with E-state index in [0.717, 1.165) is 15.8 Å². The highest BCUT2D eigenvalue weighted by Gasteiger charge is 2.03. The van der Waals surface area contributed by atoms with E-state index in [1.807, 2.05) is 18.2 Å². The molecular formula is C19H21BrN2OS. The van der Waals surface area contributed by atoms with Crippen LogP contribution in [-0.4, -0.2) is 17.9 Å². The topological polar surface area (TPSA) is 41.5 Å². The molecule has 0 aliphatic heterocycles. The Hall–Kier alpha value is -1.59. The minimum Gasteiger partial charge on any atom is -0.272 e. The molecule has 0 aliphatic rings. The van der Waals surface area contributed by atoms with Crippen LogP contribution in [0.2, 0.25) is 0 Å². The molecule has 1 N–H and O–H groups in total. The maximum atomic E-state index is 11.8. The van der Waals surface area contributed by atoms with Gasteiger partial charge in [-0.15, -0.1) is 11.8 Å². The van der Waals surface area contributed by atoms with Crippen LogP contribution in [0.4, 0.5) is 0 Å². The monoisotopic (exact) mass is 404 g/mol. The minimum atomic E-state index is -0.0901. The second kappa shape index (κ2) is 9.04. The highest BCUT2D eigenvalue weighted by molar-refractivity contribution is 9.10. The van der Waals surface area contributed by atoms with Gasteiger partial charge in [-0.1, -0.05) is 40.2 Å². The molecule has 0 atom stereocenters. The van der Waals surface area contributed by atoms with Gasteiger partial charge in [-0.3, -0.25) is 4.79 Å². The Morgan fingerprint density at radius 2 is 2.00 bits per heavy atom. The van der Waals surface area contributed by atoms with Crippen molar-refractivity contribution in [2.75, 3.05) is 5.75 Å². The van der Waals surface area contributed by atoms with Crippen molar-refractivity contribution in [3.05, 3.63) is 68.7 Å². The fourth-order valence-corrected chi connectivity index (χ4v) is 3.43. The predicted octanol–water partition coefficient (Wildman–Crippen LogP) is 4.76. The average Bonchev–Trinajstić information content (AvgIpc) is 2.55. The Morgan fingerprint density at radius 3 is 2.75 bits per heavy atom. The van der Waals surface area contributed by atoms with E-state index in [0.29, 0.717) is 5.75 Å². The first kappa shape index (κ1) is 18.7. The lowest BCUT2D eigenvalue weighted by molar-refractivity contribution is -0.118. The van der Waals surface area contributed by atoms with Gasteiger partial charge in [0.25, 0.3) is 0 Å². The van der Waals surface area contributed by atoms with Crippen molar-refractivity contribution in [3.8, 4) is 0 Å². The van der Waals surface area contributed by atoms with Crippen LogP contribution in [0.1, 0.15) is 27.8 Å². The second-order valence-corrected chi connectivity index (χ2v) is 7.54. The van der Waals surface area contributed by atoms with Crippen LogP contribution in [0.25, 0.3) is 0 Å². The zero-order valence-electron chi connectivity index (χ0n) is 14.1. The van der Waals surface area contributed by atoms with Crippen molar-refractivity contribution in [2.45, 2.75) is 26.5 Å². The van der Waals surface area contributed by atoms with Crippen molar-refractivity contribution in [3.63, 3.8) is 0 Å². The number of rotatable bonds is 6. The van der Waals surface area contributed by atoms with E-state index in [2.05, 4.69) is 65.4 Å². The fraction of sp³-hybridized carbons (Fsp3) is 0.263. The van der Waals surface area contributed by atoms with Gasteiger partial charge in [0.05, 0.1) is 12.0 Å². The molecule has 0 unspecified atom stereocenters. The number of nitrogens with zero attached hydrogens (tertiary/aromatic N) is 1. The first-order chi connectivity index (χ1) is 11.5. The van der Waals surface area contributed by atoms with Gasteiger partial charge in [-0.25, -0.2) is 5.43 Å². The van der Waals surface area contributed by atoms with Gasteiger partial charge in [0, 0.05) is 10.2 Å². The van der Waals surface area contributed by atoms with Crippen molar-refractivity contribution >= 4 is 39.8 Å². The van der Waals surface area contributed by atoms with E-state index >= 15 is 0 Å². The van der Waals surface area contributed by atoms with Gasteiger partial charge in [0.15, 0.2) is 0 Å². The summed E-state index contributed by atoms with van der Waals surface area (Å²) in [4.78, 5) is 11.8. The predicted molar refractivity (Wildman–Crippen MR) is 107 cm³/mol. The van der Waals surface area contributed by atoms with Crippen molar-refractivity contribution in [2.24, 2.45) is 5.10 Å². The molecule has 24 heavy (non-hydrogen) atoms. The summed E-state index contributed by atoms with van der Waals surface area (Å²) in [6.07, 6.45) is 1.71. The molecule has 3 nitrogen and oxygen atoms in total. The average molecular weight is 405 g/mol. The lowest BCUT2D eigenvalue weighted by Crippen LogP contribution is -2.19. The van der Waals surface area contributed by atoms with Gasteiger partial charge in [0.1, 0.15) is 0 Å². The van der Waals surface area contributed by atoms with Crippen LogP contribution in [-0.2, 0) is 10.5 Å². The first-order valence-corrected chi connectivity index (χ1v) is 9.63. The number of carbonyl (C=O) groups excluding carboxylic acids is 1. The van der Waals surface area contributed by atoms with E-state index < -0.39 is 0 Å². The maximum Gasteiger partial charge on any atom is 0.250 e. The Morgan fingerprint density at radius 1 is 1.21 bits per heavy atom.